The maximum atomic E-state index is 13.5. The Bertz CT molecular complexity index is 1810. The largest absolute Gasteiger partial charge is 0.486 e. The average Bonchev–Trinajstić information content (AvgIpc) is 3.51. The predicted molar refractivity (Wildman–Crippen MR) is 185 cm³/mol. The Kier molecular flexibility index (Phi) is 12.1. The number of hydrogen-bond donors (Lipinski definition) is 1. The fraction of sp³-hybridized carbons (Fsp3) is 0.343. The summed E-state index contributed by atoms with van der Waals surface area (Å²) in [5, 5.41) is 6.22. The van der Waals surface area contributed by atoms with Crippen LogP contribution in [0.25, 0.3) is 0 Å². The van der Waals surface area contributed by atoms with Crippen molar-refractivity contribution in [3.63, 3.8) is 0 Å². The second-order valence-electron chi connectivity index (χ2n) is 11.9. The number of esters is 1. The molecule has 3 aromatic carbocycles. The quantitative estimate of drug-likeness (QED) is 0.134. The van der Waals surface area contributed by atoms with Crippen molar-refractivity contribution in [1.29, 1.82) is 0 Å². The van der Waals surface area contributed by atoms with Gasteiger partial charge in [-0.1, -0.05) is 44.5 Å². The van der Waals surface area contributed by atoms with E-state index in [1.807, 2.05) is 18.4 Å². The molecule has 4 rings (SSSR count). The van der Waals surface area contributed by atoms with Crippen LogP contribution in [0, 0.1) is 6.92 Å². The zero-order valence-corrected chi connectivity index (χ0v) is 29.5. The standard InChI is InChI=1S/C35H39ClN2O7S2/c1-6-43-33(39)21-45-29-16-10-24(8-7-17-47(41,42)27-14-12-26(36)13-15-27)18-28(29)37-34(40)25-11-9-23(2)30(19-25)44-20-32-38-31(22-46-32)35(3,4)5/h9-16,18-19,22H,6-8,17,20-21H2,1-5H3,(H,37,40). The van der Waals surface area contributed by atoms with E-state index in [1.165, 1.54) is 23.5 Å². The second kappa shape index (κ2) is 15.8. The van der Waals surface area contributed by atoms with Crippen molar-refractivity contribution in [2.75, 3.05) is 24.3 Å². The van der Waals surface area contributed by atoms with Gasteiger partial charge in [-0.25, -0.2) is 18.2 Å². The molecule has 0 spiro atoms. The molecule has 9 nitrogen and oxygen atoms in total. The van der Waals surface area contributed by atoms with Gasteiger partial charge in [0.25, 0.3) is 5.91 Å². The number of halogens is 1. The van der Waals surface area contributed by atoms with Crippen molar-refractivity contribution in [3.8, 4) is 11.5 Å². The first-order valence-electron chi connectivity index (χ1n) is 15.1. The zero-order valence-electron chi connectivity index (χ0n) is 27.1. The molecule has 4 aromatic rings. The molecule has 0 fully saturated rings. The first-order valence-corrected chi connectivity index (χ1v) is 18.1. The summed E-state index contributed by atoms with van der Waals surface area (Å²) in [6, 6.07) is 16.4. The summed E-state index contributed by atoms with van der Waals surface area (Å²) in [4.78, 5) is 30.3. The average molecular weight is 699 g/mol. The molecule has 0 aliphatic rings. The Morgan fingerprint density at radius 3 is 2.40 bits per heavy atom. The molecular weight excluding hydrogens is 660 g/mol. The van der Waals surface area contributed by atoms with Gasteiger partial charge in [0.1, 0.15) is 23.1 Å². The molecule has 0 saturated carbocycles. The summed E-state index contributed by atoms with van der Waals surface area (Å²) in [6.07, 6.45) is 0.764. The van der Waals surface area contributed by atoms with Gasteiger partial charge in [0.05, 0.1) is 28.6 Å². The highest BCUT2D eigenvalue weighted by atomic mass is 35.5. The van der Waals surface area contributed by atoms with Crippen LogP contribution in [-0.4, -0.2) is 44.2 Å². The van der Waals surface area contributed by atoms with E-state index in [9.17, 15) is 18.0 Å². The zero-order chi connectivity index (χ0) is 34.2. The fourth-order valence-corrected chi connectivity index (χ4v) is 6.84. The van der Waals surface area contributed by atoms with Crippen LogP contribution in [0.4, 0.5) is 5.69 Å². The Morgan fingerprint density at radius 2 is 1.72 bits per heavy atom. The van der Waals surface area contributed by atoms with Crippen molar-refractivity contribution in [2.24, 2.45) is 0 Å². The summed E-state index contributed by atoms with van der Waals surface area (Å²) in [7, 11) is -3.50. The minimum Gasteiger partial charge on any atom is -0.486 e. The fourth-order valence-electron chi connectivity index (χ4n) is 4.47. The molecule has 1 aromatic heterocycles. The number of hydrogen-bond acceptors (Lipinski definition) is 9. The first-order chi connectivity index (χ1) is 22.2. The lowest BCUT2D eigenvalue weighted by atomic mass is 9.93. The maximum Gasteiger partial charge on any atom is 0.344 e. The van der Waals surface area contributed by atoms with Gasteiger partial charge in [0, 0.05) is 21.4 Å². The number of carbonyl (C=O) groups excluding carboxylic acids is 2. The van der Waals surface area contributed by atoms with Crippen molar-refractivity contribution in [2.45, 2.75) is 64.4 Å². The van der Waals surface area contributed by atoms with E-state index in [2.05, 4.69) is 31.1 Å². The number of amides is 1. The maximum absolute atomic E-state index is 13.5. The molecule has 0 radical (unpaired) electrons. The van der Waals surface area contributed by atoms with Crippen LogP contribution >= 0.6 is 22.9 Å². The third-order valence-electron chi connectivity index (χ3n) is 7.12. The highest BCUT2D eigenvalue weighted by Gasteiger charge is 2.19. The van der Waals surface area contributed by atoms with E-state index in [4.69, 9.17) is 25.8 Å². The second-order valence-corrected chi connectivity index (χ2v) is 15.4. The summed E-state index contributed by atoms with van der Waals surface area (Å²) < 4.78 is 42.3. The molecule has 1 amide bonds. The lowest BCUT2D eigenvalue weighted by molar-refractivity contribution is -0.145. The van der Waals surface area contributed by atoms with Crippen LogP contribution in [0.2, 0.25) is 5.02 Å². The molecule has 0 aliphatic carbocycles. The van der Waals surface area contributed by atoms with Crippen LogP contribution in [0.1, 0.15) is 66.3 Å². The highest BCUT2D eigenvalue weighted by molar-refractivity contribution is 7.91. The van der Waals surface area contributed by atoms with Gasteiger partial charge < -0.3 is 19.5 Å². The number of aromatic nitrogens is 1. The van der Waals surface area contributed by atoms with Gasteiger partial charge in [-0.3, -0.25) is 4.79 Å². The van der Waals surface area contributed by atoms with Gasteiger partial charge in [-0.15, -0.1) is 11.3 Å². The number of aryl methyl sites for hydroxylation is 2. The Labute approximate surface area is 285 Å². The molecule has 47 heavy (non-hydrogen) atoms. The van der Waals surface area contributed by atoms with E-state index in [1.54, 1.807) is 49.4 Å². The lowest BCUT2D eigenvalue weighted by Gasteiger charge is -2.15. The van der Waals surface area contributed by atoms with Crippen LogP contribution < -0.4 is 14.8 Å². The topological polar surface area (TPSA) is 121 Å². The summed E-state index contributed by atoms with van der Waals surface area (Å²) >= 11 is 7.43. The monoisotopic (exact) mass is 698 g/mol. The Morgan fingerprint density at radius 1 is 0.979 bits per heavy atom. The van der Waals surface area contributed by atoms with Crippen molar-refractivity contribution < 1.29 is 32.2 Å². The molecule has 250 valence electrons. The number of thiazole rings is 1. The smallest absolute Gasteiger partial charge is 0.344 e. The van der Waals surface area contributed by atoms with Crippen LogP contribution in [0.3, 0.4) is 0 Å². The Hall–Kier alpha value is -3.93. The highest BCUT2D eigenvalue weighted by Crippen LogP contribution is 2.29. The van der Waals surface area contributed by atoms with E-state index < -0.39 is 21.7 Å². The summed E-state index contributed by atoms with van der Waals surface area (Å²) in [5.74, 6) is -0.202. The van der Waals surface area contributed by atoms with E-state index in [-0.39, 0.29) is 41.6 Å². The number of nitrogens with zero attached hydrogens (tertiary/aromatic N) is 1. The van der Waals surface area contributed by atoms with E-state index in [0.29, 0.717) is 34.9 Å². The number of rotatable bonds is 14. The number of ether oxygens (including phenoxy) is 3. The number of anilines is 1. The van der Waals surface area contributed by atoms with Crippen LogP contribution in [0.5, 0.6) is 11.5 Å². The van der Waals surface area contributed by atoms with Crippen LogP contribution in [0.15, 0.2) is 70.9 Å². The van der Waals surface area contributed by atoms with Gasteiger partial charge >= 0.3 is 5.97 Å². The Balaban J connectivity index is 1.48. The van der Waals surface area contributed by atoms with E-state index >= 15 is 0 Å². The van der Waals surface area contributed by atoms with Gasteiger partial charge in [-0.05, 0) is 86.3 Å². The normalized spacial score (nSPS) is 11.6. The number of benzene rings is 3. The lowest BCUT2D eigenvalue weighted by Crippen LogP contribution is -2.17. The van der Waals surface area contributed by atoms with Crippen molar-refractivity contribution in [1.82, 2.24) is 4.98 Å². The number of carbonyl (C=O) groups is 2. The SMILES string of the molecule is CCOC(=O)COc1ccc(CCCS(=O)(=O)c2ccc(Cl)cc2)cc1NC(=O)c1ccc(C)c(OCc2nc(C(C)(C)C)cs2)c1. The minimum atomic E-state index is -3.50. The van der Waals surface area contributed by atoms with Gasteiger partial charge in [0.2, 0.25) is 0 Å². The first kappa shape index (κ1) is 35.9. The molecule has 0 bridgehead atoms. The minimum absolute atomic E-state index is 0.0615. The molecule has 12 heteroatoms. The molecule has 0 unspecified atom stereocenters. The third kappa shape index (κ3) is 10.3. The van der Waals surface area contributed by atoms with E-state index in [0.717, 1.165) is 21.8 Å². The molecule has 1 heterocycles. The van der Waals surface area contributed by atoms with Gasteiger partial charge in [-0.2, -0.15) is 0 Å². The predicted octanol–water partition coefficient (Wildman–Crippen LogP) is 7.58. The molecule has 0 atom stereocenters. The van der Waals surface area contributed by atoms with Crippen molar-refractivity contribution >= 4 is 50.3 Å². The van der Waals surface area contributed by atoms with Crippen LogP contribution in [-0.2, 0) is 37.8 Å². The van der Waals surface area contributed by atoms with Gasteiger partial charge in [0.15, 0.2) is 16.4 Å². The summed E-state index contributed by atoms with van der Waals surface area (Å²) in [6.45, 7) is 10.1. The van der Waals surface area contributed by atoms with Crippen molar-refractivity contribution in [3.05, 3.63) is 98.5 Å². The summed E-state index contributed by atoms with van der Waals surface area (Å²) in [5.41, 5.74) is 3.27. The molecule has 0 saturated heterocycles. The molecule has 0 aliphatic heterocycles. The number of nitrogens with one attached hydrogen (secondary N) is 1. The third-order valence-corrected chi connectivity index (χ3v) is 10.0. The molecule has 1 N–H and O–H groups in total. The number of sulfone groups is 1. The molecular formula is C35H39ClN2O7S2.